The molecule has 0 radical (unpaired) electrons. The van der Waals surface area contributed by atoms with Gasteiger partial charge in [0.15, 0.2) is 11.6 Å². The Balaban J connectivity index is 1.47. The lowest BCUT2D eigenvalue weighted by atomic mass is 9.60. The van der Waals surface area contributed by atoms with Crippen LogP contribution in [0.15, 0.2) is 54.6 Å². The summed E-state index contributed by atoms with van der Waals surface area (Å²) in [4.78, 5) is 39.3. The van der Waals surface area contributed by atoms with Gasteiger partial charge in [0.05, 0.1) is 18.1 Å². The summed E-state index contributed by atoms with van der Waals surface area (Å²) in [5.41, 5.74) is 45.1. The molecular weight excluding hydrogens is 626 g/mol. The summed E-state index contributed by atoms with van der Waals surface area (Å²) >= 11 is 0. The van der Waals surface area contributed by atoms with Gasteiger partial charge in [-0.25, -0.2) is 0 Å². The summed E-state index contributed by atoms with van der Waals surface area (Å²) in [6.07, 6.45) is 7.27. The first-order chi connectivity index (χ1) is 24.2. The summed E-state index contributed by atoms with van der Waals surface area (Å²) in [6, 6.07) is 17.1. The van der Waals surface area contributed by atoms with Crippen molar-refractivity contribution in [2.24, 2.45) is 34.4 Å². The van der Waals surface area contributed by atoms with E-state index in [2.05, 4.69) is 41.7 Å². The average molecular weight is 682 g/mol. The van der Waals surface area contributed by atoms with Crippen LogP contribution in [0.2, 0.25) is 0 Å². The number of carbonyl (C=O) groups is 3. The van der Waals surface area contributed by atoms with Gasteiger partial charge in [0.25, 0.3) is 0 Å². The molecular formula is C40H55N7O3. The van der Waals surface area contributed by atoms with Crippen LogP contribution in [0.4, 0.5) is 5.69 Å². The molecule has 10 nitrogen and oxygen atoms in total. The van der Waals surface area contributed by atoms with Gasteiger partial charge in [0.2, 0.25) is 5.91 Å². The molecule has 3 aliphatic rings. The number of Topliss-reactive ketones (excluding diaryl/α,β-unsaturated/α-hetero) is 2. The Hall–Kier alpha value is -3.77. The van der Waals surface area contributed by atoms with Crippen molar-refractivity contribution in [2.45, 2.75) is 101 Å². The van der Waals surface area contributed by atoms with Crippen molar-refractivity contribution in [2.75, 3.05) is 25.0 Å². The second-order valence-electron chi connectivity index (χ2n) is 14.1. The number of ketones is 2. The molecule has 3 atom stereocenters. The first kappa shape index (κ1) is 37.5. The van der Waals surface area contributed by atoms with E-state index < -0.39 is 18.1 Å². The maximum Gasteiger partial charge on any atom is 0.241 e. The van der Waals surface area contributed by atoms with Gasteiger partial charge in [-0.15, -0.1) is 0 Å². The predicted octanol–water partition coefficient (Wildman–Crippen LogP) is 3.20. The number of nitrogens with one attached hydrogen (secondary N) is 1. The quantitative estimate of drug-likeness (QED) is 0.0599. The molecule has 0 spiro atoms. The third-order valence-electron chi connectivity index (χ3n) is 10.4. The van der Waals surface area contributed by atoms with Crippen molar-refractivity contribution in [3.05, 3.63) is 99.1 Å². The maximum absolute atomic E-state index is 13.1. The summed E-state index contributed by atoms with van der Waals surface area (Å²) in [5, 5.41) is 3.04. The number of hydrogen-bond donors (Lipinski definition) is 7. The van der Waals surface area contributed by atoms with Crippen LogP contribution in [0.25, 0.3) is 0 Å². The number of rotatable bonds is 20. The Labute approximate surface area is 296 Å². The van der Waals surface area contributed by atoms with Gasteiger partial charge in [0, 0.05) is 30.4 Å². The minimum atomic E-state index is -0.626. The lowest BCUT2D eigenvalue weighted by Crippen LogP contribution is -2.35. The molecule has 3 aliphatic carbocycles. The largest absolute Gasteiger partial charge is 0.330 e. The zero-order chi connectivity index (χ0) is 35.8. The number of carbonyl (C=O) groups excluding carboxylic acids is 3. The zero-order valence-corrected chi connectivity index (χ0v) is 29.2. The second kappa shape index (κ2) is 17.4. The van der Waals surface area contributed by atoms with Gasteiger partial charge in [0.1, 0.15) is 0 Å². The molecule has 0 unspecified atom stereocenters. The van der Waals surface area contributed by atoms with Crippen LogP contribution in [0.5, 0.6) is 0 Å². The fraction of sp³-hybridized carbons (Fsp3) is 0.475. The van der Waals surface area contributed by atoms with E-state index in [9.17, 15) is 14.4 Å². The predicted molar refractivity (Wildman–Crippen MR) is 200 cm³/mol. The molecule has 3 aromatic carbocycles. The highest BCUT2D eigenvalue weighted by atomic mass is 16.2. The summed E-state index contributed by atoms with van der Waals surface area (Å²) < 4.78 is 0. The zero-order valence-electron chi connectivity index (χ0n) is 29.2. The summed E-state index contributed by atoms with van der Waals surface area (Å²) in [5.74, 6) is -0.386. The standard InChI is InChI=1S/C40H55N7O3/c41-16-4-1-7-33(44)36(48)21-24-10-13-27-30(19-24)39-31-20-25(22-37(49)34(45)8-2-5-17-42)11-14-28(31)38(27)29-15-12-26(23-32(29)39)47-40(50)35(46)9-3-6-18-43/h10-15,19-20,23,33-35,38-39H,1-9,16-18,21-22,41-46H2,(H,47,50)/t33-,34-,35-,38?,39?/m0/s1. The van der Waals surface area contributed by atoms with E-state index in [1.807, 2.05) is 18.2 Å². The van der Waals surface area contributed by atoms with Crippen LogP contribution in [0, 0.1) is 0 Å². The van der Waals surface area contributed by atoms with Crippen LogP contribution in [-0.4, -0.2) is 55.2 Å². The monoisotopic (exact) mass is 681 g/mol. The fourth-order valence-corrected chi connectivity index (χ4v) is 7.54. The molecule has 0 aliphatic heterocycles. The van der Waals surface area contributed by atoms with E-state index >= 15 is 0 Å². The molecule has 0 aromatic heterocycles. The first-order valence-electron chi connectivity index (χ1n) is 18.3. The Morgan fingerprint density at radius 2 is 0.920 bits per heavy atom. The minimum Gasteiger partial charge on any atom is -0.330 e. The average Bonchev–Trinajstić information content (AvgIpc) is 3.11. The molecule has 0 saturated heterocycles. The first-order valence-corrected chi connectivity index (χ1v) is 18.3. The fourth-order valence-electron chi connectivity index (χ4n) is 7.54. The van der Waals surface area contributed by atoms with Gasteiger partial charge >= 0.3 is 0 Å². The van der Waals surface area contributed by atoms with Crippen LogP contribution in [0.3, 0.4) is 0 Å². The van der Waals surface area contributed by atoms with Crippen molar-refractivity contribution in [1.82, 2.24) is 0 Å². The number of anilines is 1. The topological polar surface area (TPSA) is 219 Å². The molecule has 13 N–H and O–H groups in total. The number of amides is 1. The Kier molecular flexibility index (Phi) is 13.1. The number of hydrogen-bond acceptors (Lipinski definition) is 9. The second-order valence-corrected chi connectivity index (χ2v) is 14.1. The van der Waals surface area contributed by atoms with Crippen LogP contribution >= 0.6 is 0 Å². The number of nitrogens with two attached hydrogens (primary N) is 6. The Morgan fingerprint density at radius 3 is 1.38 bits per heavy atom. The van der Waals surface area contributed by atoms with E-state index in [1.165, 1.54) is 16.7 Å². The smallest absolute Gasteiger partial charge is 0.241 e. The molecule has 0 heterocycles. The van der Waals surface area contributed by atoms with Gasteiger partial charge in [-0.2, -0.15) is 0 Å². The number of benzene rings is 3. The van der Waals surface area contributed by atoms with E-state index in [1.54, 1.807) is 0 Å². The molecule has 3 aromatic rings. The van der Waals surface area contributed by atoms with Crippen molar-refractivity contribution >= 4 is 23.2 Å². The van der Waals surface area contributed by atoms with E-state index in [4.69, 9.17) is 34.4 Å². The number of unbranched alkanes of at least 4 members (excludes halogenated alkanes) is 3. The van der Waals surface area contributed by atoms with E-state index in [0.29, 0.717) is 44.6 Å². The van der Waals surface area contributed by atoms with Gasteiger partial charge in [-0.1, -0.05) is 61.7 Å². The van der Waals surface area contributed by atoms with Gasteiger partial charge in [-0.05, 0) is 115 Å². The lowest BCUT2D eigenvalue weighted by molar-refractivity contribution is -0.120. The van der Waals surface area contributed by atoms with Crippen molar-refractivity contribution < 1.29 is 14.4 Å². The van der Waals surface area contributed by atoms with Gasteiger partial charge in [-0.3, -0.25) is 14.4 Å². The highest BCUT2D eigenvalue weighted by molar-refractivity contribution is 5.95. The van der Waals surface area contributed by atoms with Crippen LogP contribution < -0.4 is 39.7 Å². The molecule has 50 heavy (non-hydrogen) atoms. The summed E-state index contributed by atoms with van der Waals surface area (Å²) in [6.45, 7) is 1.74. The van der Waals surface area contributed by atoms with Gasteiger partial charge < -0.3 is 39.7 Å². The SMILES string of the molecule is NCCCC[C@H](N)C(=O)Cc1ccc2c(c1)C1c3cc(CC(=O)[C@@H](N)CCCCN)ccc3C2c2ccc(NC(=O)[C@@H](N)CCCCN)cc21. The highest BCUT2D eigenvalue weighted by Gasteiger charge is 2.42. The third-order valence-corrected chi connectivity index (χ3v) is 10.4. The van der Waals surface area contributed by atoms with Crippen LogP contribution in [0.1, 0.15) is 114 Å². The van der Waals surface area contributed by atoms with Crippen molar-refractivity contribution in [3.8, 4) is 0 Å². The molecule has 6 rings (SSSR count). The minimum absolute atomic E-state index is 0.0140. The normalized spacial score (nSPS) is 17.3. The lowest BCUT2D eigenvalue weighted by Gasteiger charge is -2.43. The maximum atomic E-state index is 13.1. The molecule has 268 valence electrons. The van der Waals surface area contributed by atoms with Crippen molar-refractivity contribution in [3.63, 3.8) is 0 Å². The molecule has 0 saturated carbocycles. The Bertz CT molecular complexity index is 1480. The van der Waals surface area contributed by atoms with E-state index in [0.717, 1.165) is 66.3 Å². The highest BCUT2D eigenvalue weighted by Crippen LogP contribution is 2.56. The molecule has 1 amide bonds. The van der Waals surface area contributed by atoms with Crippen LogP contribution in [-0.2, 0) is 27.2 Å². The summed E-state index contributed by atoms with van der Waals surface area (Å²) in [7, 11) is 0. The molecule has 0 fully saturated rings. The van der Waals surface area contributed by atoms with E-state index in [-0.39, 0.29) is 42.2 Å². The van der Waals surface area contributed by atoms with Crippen molar-refractivity contribution in [1.29, 1.82) is 0 Å². The Morgan fingerprint density at radius 1 is 0.520 bits per heavy atom. The molecule has 2 bridgehead atoms. The molecule has 10 heteroatoms. The third kappa shape index (κ3) is 8.57.